The van der Waals surface area contributed by atoms with Crippen molar-refractivity contribution in [3.05, 3.63) is 63.6 Å². The van der Waals surface area contributed by atoms with Crippen molar-refractivity contribution in [2.75, 3.05) is 36.2 Å². The Morgan fingerprint density at radius 1 is 0.929 bits per heavy atom. The molecule has 2 aromatic carbocycles. The van der Waals surface area contributed by atoms with Gasteiger partial charge in [0.1, 0.15) is 5.57 Å². The highest BCUT2D eigenvalue weighted by atomic mass is 35.5. The van der Waals surface area contributed by atoms with Gasteiger partial charge in [0.05, 0.1) is 28.9 Å². The number of hydrogen-bond acceptors (Lipinski definition) is 4. The van der Waals surface area contributed by atoms with Gasteiger partial charge in [0.2, 0.25) is 0 Å². The Labute approximate surface area is 172 Å². The van der Waals surface area contributed by atoms with E-state index in [2.05, 4.69) is 10.3 Å². The summed E-state index contributed by atoms with van der Waals surface area (Å²) in [5, 5.41) is 1.84. The third-order valence-electron chi connectivity index (χ3n) is 4.63. The van der Waals surface area contributed by atoms with Gasteiger partial charge in [-0.3, -0.25) is 15.0 Å². The van der Waals surface area contributed by atoms with Crippen molar-refractivity contribution >= 4 is 52.5 Å². The summed E-state index contributed by atoms with van der Waals surface area (Å²) in [5.41, 5.74) is 4.91. The van der Waals surface area contributed by atoms with Crippen LogP contribution in [0.25, 0.3) is 6.08 Å². The maximum absolute atomic E-state index is 12.7. The van der Waals surface area contributed by atoms with Crippen molar-refractivity contribution in [3.63, 3.8) is 0 Å². The van der Waals surface area contributed by atoms with Crippen LogP contribution >= 0.6 is 23.2 Å². The number of carbonyl (C=O) groups is 2. The van der Waals surface area contributed by atoms with E-state index in [0.717, 1.165) is 24.3 Å². The maximum atomic E-state index is 12.7. The molecule has 2 heterocycles. The summed E-state index contributed by atoms with van der Waals surface area (Å²) in [6, 6.07) is 12.5. The van der Waals surface area contributed by atoms with E-state index in [1.165, 1.54) is 11.1 Å². The number of carbonyl (C=O) groups excluding carboxylic acids is 2. The normalized spacial score (nSPS) is 18.7. The Kier molecular flexibility index (Phi) is 5.26. The van der Waals surface area contributed by atoms with E-state index in [0.29, 0.717) is 28.9 Å². The van der Waals surface area contributed by atoms with Crippen LogP contribution in [-0.2, 0) is 14.3 Å². The number of nitrogens with zero attached hydrogens (tertiary/aromatic N) is 2. The predicted octanol–water partition coefficient (Wildman–Crippen LogP) is 3.29. The van der Waals surface area contributed by atoms with Crippen LogP contribution in [0.4, 0.5) is 11.4 Å². The molecule has 0 bridgehead atoms. The summed E-state index contributed by atoms with van der Waals surface area (Å²) >= 11 is 11.9. The summed E-state index contributed by atoms with van der Waals surface area (Å²) in [6.07, 6.45) is 1.58. The highest BCUT2D eigenvalue weighted by Crippen LogP contribution is 2.29. The molecule has 0 saturated carbocycles. The van der Waals surface area contributed by atoms with E-state index in [-0.39, 0.29) is 5.57 Å². The largest absolute Gasteiger partial charge is 0.378 e. The number of anilines is 2. The molecular weight excluding hydrogens is 401 g/mol. The lowest BCUT2D eigenvalue weighted by Gasteiger charge is -2.28. The molecule has 2 fully saturated rings. The van der Waals surface area contributed by atoms with E-state index in [9.17, 15) is 9.59 Å². The van der Waals surface area contributed by atoms with Crippen molar-refractivity contribution in [3.8, 4) is 0 Å². The lowest BCUT2D eigenvalue weighted by molar-refractivity contribution is -0.117. The first-order chi connectivity index (χ1) is 13.5. The Morgan fingerprint density at radius 3 is 2.29 bits per heavy atom. The molecule has 144 valence electrons. The number of hydrazine groups is 1. The lowest BCUT2D eigenvalue weighted by Crippen LogP contribution is -2.36. The van der Waals surface area contributed by atoms with E-state index in [1.807, 2.05) is 24.3 Å². The third-order valence-corrected chi connectivity index (χ3v) is 5.37. The fourth-order valence-electron chi connectivity index (χ4n) is 3.13. The molecule has 28 heavy (non-hydrogen) atoms. The summed E-state index contributed by atoms with van der Waals surface area (Å²) in [4.78, 5) is 27.3. The summed E-state index contributed by atoms with van der Waals surface area (Å²) in [7, 11) is 0. The lowest BCUT2D eigenvalue weighted by atomic mass is 10.1. The van der Waals surface area contributed by atoms with Gasteiger partial charge < -0.3 is 9.64 Å². The Bertz CT molecular complexity index is 954. The zero-order chi connectivity index (χ0) is 19.7. The van der Waals surface area contributed by atoms with Crippen LogP contribution in [0.2, 0.25) is 10.0 Å². The van der Waals surface area contributed by atoms with Crippen LogP contribution in [0, 0.1) is 0 Å². The van der Waals surface area contributed by atoms with Gasteiger partial charge >= 0.3 is 0 Å². The Balaban J connectivity index is 1.54. The van der Waals surface area contributed by atoms with Crippen LogP contribution in [0.5, 0.6) is 0 Å². The number of nitrogens with one attached hydrogen (secondary N) is 1. The highest BCUT2D eigenvalue weighted by Gasteiger charge is 2.34. The minimum absolute atomic E-state index is 0.0604. The number of amides is 2. The van der Waals surface area contributed by atoms with Crippen molar-refractivity contribution in [2.24, 2.45) is 0 Å². The highest BCUT2D eigenvalue weighted by molar-refractivity contribution is 6.42. The number of hydrogen-bond donors (Lipinski definition) is 1. The van der Waals surface area contributed by atoms with Crippen molar-refractivity contribution in [1.29, 1.82) is 0 Å². The summed E-state index contributed by atoms with van der Waals surface area (Å²) < 4.78 is 5.36. The SMILES string of the molecule is O=C1NN(c2ccc(Cl)c(Cl)c2)C(=O)C1=Cc1ccc(N2CCOCC2)cc1. The second kappa shape index (κ2) is 7.83. The molecular formula is C20H17Cl2N3O3. The first-order valence-electron chi connectivity index (χ1n) is 8.78. The van der Waals surface area contributed by atoms with Crippen molar-refractivity contribution in [1.82, 2.24) is 5.43 Å². The van der Waals surface area contributed by atoms with Crippen LogP contribution in [-0.4, -0.2) is 38.1 Å². The molecule has 0 radical (unpaired) electrons. The topological polar surface area (TPSA) is 61.9 Å². The quantitative estimate of drug-likeness (QED) is 0.614. The number of morpholine rings is 1. The van der Waals surface area contributed by atoms with Crippen LogP contribution in [0.15, 0.2) is 48.0 Å². The van der Waals surface area contributed by atoms with Crippen molar-refractivity contribution in [2.45, 2.75) is 0 Å². The number of benzene rings is 2. The fraction of sp³-hybridized carbons (Fsp3) is 0.200. The molecule has 0 aliphatic carbocycles. The number of ether oxygens (including phenoxy) is 1. The molecule has 2 amide bonds. The predicted molar refractivity (Wildman–Crippen MR) is 110 cm³/mol. The van der Waals surface area contributed by atoms with Crippen LogP contribution < -0.4 is 15.3 Å². The van der Waals surface area contributed by atoms with Crippen molar-refractivity contribution < 1.29 is 14.3 Å². The number of rotatable bonds is 3. The molecule has 2 saturated heterocycles. The molecule has 2 aliphatic heterocycles. The van der Waals surface area contributed by atoms with E-state index >= 15 is 0 Å². The number of halogens is 2. The molecule has 0 spiro atoms. The molecule has 8 heteroatoms. The van der Waals surface area contributed by atoms with Gasteiger partial charge in [0.15, 0.2) is 0 Å². The van der Waals surface area contributed by atoms with E-state index in [1.54, 1.807) is 18.2 Å². The van der Waals surface area contributed by atoms with E-state index < -0.39 is 11.8 Å². The minimum atomic E-state index is -0.465. The van der Waals surface area contributed by atoms with Gasteiger partial charge in [0.25, 0.3) is 11.8 Å². The molecule has 1 N–H and O–H groups in total. The van der Waals surface area contributed by atoms with Gasteiger partial charge in [-0.05, 0) is 42.0 Å². The first kappa shape index (κ1) is 18.8. The summed E-state index contributed by atoms with van der Waals surface area (Å²) in [5.74, 6) is -0.908. The molecule has 0 unspecified atom stereocenters. The minimum Gasteiger partial charge on any atom is -0.378 e. The second-order valence-corrected chi connectivity index (χ2v) is 7.24. The van der Waals surface area contributed by atoms with Crippen LogP contribution in [0.1, 0.15) is 5.56 Å². The second-order valence-electron chi connectivity index (χ2n) is 6.43. The standard InChI is InChI=1S/C20H17Cl2N3O3/c21-17-6-5-15(12-18(17)22)25-20(27)16(19(26)23-25)11-13-1-3-14(4-2-13)24-7-9-28-10-8-24/h1-6,11-12H,7-10H2,(H,23,26). The fourth-order valence-corrected chi connectivity index (χ4v) is 3.43. The van der Waals surface area contributed by atoms with Gasteiger partial charge in [-0.25, -0.2) is 5.01 Å². The molecule has 4 rings (SSSR count). The average molecular weight is 418 g/mol. The smallest absolute Gasteiger partial charge is 0.282 e. The van der Waals surface area contributed by atoms with Gasteiger partial charge in [0, 0.05) is 18.8 Å². The third kappa shape index (κ3) is 3.71. The average Bonchev–Trinajstić information content (AvgIpc) is 2.99. The molecule has 0 aromatic heterocycles. The molecule has 2 aromatic rings. The zero-order valence-electron chi connectivity index (χ0n) is 14.8. The van der Waals surface area contributed by atoms with E-state index in [4.69, 9.17) is 27.9 Å². The molecule has 6 nitrogen and oxygen atoms in total. The van der Waals surface area contributed by atoms with Gasteiger partial charge in [-0.1, -0.05) is 35.3 Å². The molecule has 2 aliphatic rings. The Morgan fingerprint density at radius 2 is 1.61 bits per heavy atom. The zero-order valence-corrected chi connectivity index (χ0v) is 16.3. The van der Waals surface area contributed by atoms with Gasteiger partial charge in [-0.2, -0.15) is 0 Å². The maximum Gasteiger partial charge on any atom is 0.282 e. The Hall–Kier alpha value is -2.54. The first-order valence-corrected chi connectivity index (χ1v) is 9.53. The van der Waals surface area contributed by atoms with Gasteiger partial charge in [-0.15, -0.1) is 0 Å². The van der Waals surface area contributed by atoms with Crippen LogP contribution in [0.3, 0.4) is 0 Å². The molecule has 0 atom stereocenters. The monoisotopic (exact) mass is 417 g/mol. The summed E-state index contributed by atoms with van der Waals surface area (Å²) in [6.45, 7) is 3.12.